The summed E-state index contributed by atoms with van der Waals surface area (Å²) in [6.45, 7) is 4.33. The Morgan fingerprint density at radius 2 is 2.09 bits per heavy atom. The minimum absolute atomic E-state index is 0.239. The molecule has 0 bridgehead atoms. The van der Waals surface area contributed by atoms with Crippen LogP contribution in [0.5, 0.6) is 5.75 Å². The SMILES string of the molecule is CCOc1ccc(/C(C)=N/N=C2/NC(=O)[C@@H](CC(=O)O)S2)cc1. The van der Waals surface area contributed by atoms with Crippen molar-refractivity contribution in [3.05, 3.63) is 29.8 Å². The van der Waals surface area contributed by atoms with E-state index in [0.717, 1.165) is 23.1 Å². The summed E-state index contributed by atoms with van der Waals surface area (Å²) < 4.78 is 5.37. The molecule has 1 aliphatic rings. The van der Waals surface area contributed by atoms with E-state index in [4.69, 9.17) is 9.84 Å². The molecule has 2 rings (SSSR count). The molecule has 1 saturated heterocycles. The summed E-state index contributed by atoms with van der Waals surface area (Å²) >= 11 is 1.07. The number of rotatable bonds is 6. The highest BCUT2D eigenvalue weighted by Gasteiger charge is 2.32. The zero-order chi connectivity index (χ0) is 16.8. The van der Waals surface area contributed by atoms with E-state index in [2.05, 4.69) is 15.5 Å². The zero-order valence-corrected chi connectivity index (χ0v) is 13.6. The lowest BCUT2D eigenvalue weighted by molar-refractivity contribution is -0.138. The van der Waals surface area contributed by atoms with Crippen LogP contribution in [0.25, 0.3) is 0 Å². The molecule has 0 aromatic heterocycles. The molecule has 8 heteroatoms. The average molecular weight is 335 g/mol. The highest BCUT2D eigenvalue weighted by molar-refractivity contribution is 8.15. The van der Waals surface area contributed by atoms with Crippen LogP contribution in [-0.4, -0.2) is 39.7 Å². The molecule has 1 aliphatic heterocycles. The third-order valence-corrected chi connectivity index (χ3v) is 4.08. The van der Waals surface area contributed by atoms with Crippen LogP contribution < -0.4 is 10.1 Å². The number of thioether (sulfide) groups is 1. The molecule has 2 N–H and O–H groups in total. The first-order chi connectivity index (χ1) is 11.0. The lowest BCUT2D eigenvalue weighted by atomic mass is 10.1. The van der Waals surface area contributed by atoms with Gasteiger partial charge >= 0.3 is 5.97 Å². The molecule has 1 aromatic rings. The number of amides is 1. The van der Waals surface area contributed by atoms with Crippen LogP contribution in [0.1, 0.15) is 25.8 Å². The number of amidine groups is 1. The standard InChI is InChI=1S/C15H17N3O4S/c1-3-22-11-6-4-10(5-7-11)9(2)17-18-15-16-14(21)12(23-15)8-13(19)20/h4-7,12H,3,8H2,1-2H3,(H,19,20)(H,16,18,21)/b17-9+/t12-/m1/s1. The second kappa shape index (κ2) is 7.77. The average Bonchev–Trinajstić information content (AvgIpc) is 2.85. The van der Waals surface area contributed by atoms with Crippen LogP contribution in [0.2, 0.25) is 0 Å². The third kappa shape index (κ3) is 4.82. The summed E-state index contributed by atoms with van der Waals surface area (Å²) in [6, 6.07) is 7.44. The minimum Gasteiger partial charge on any atom is -0.494 e. The Morgan fingerprint density at radius 3 is 2.70 bits per heavy atom. The number of hydrogen-bond donors (Lipinski definition) is 2. The van der Waals surface area contributed by atoms with Crippen LogP contribution in [-0.2, 0) is 9.59 Å². The van der Waals surface area contributed by atoms with E-state index >= 15 is 0 Å². The normalized spacial score (nSPS) is 19.7. The molecule has 1 aromatic carbocycles. The first-order valence-corrected chi connectivity index (χ1v) is 7.92. The van der Waals surface area contributed by atoms with Crippen LogP contribution in [0.3, 0.4) is 0 Å². The van der Waals surface area contributed by atoms with Crippen LogP contribution in [0.4, 0.5) is 0 Å². The number of nitrogens with zero attached hydrogens (tertiary/aromatic N) is 2. The molecular weight excluding hydrogens is 318 g/mol. The van der Waals surface area contributed by atoms with Gasteiger partial charge in [-0.15, -0.1) is 5.10 Å². The second-order valence-electron chi connectivity index (χ2n) is 4.74. The van der Waals surface area contributed by atoms with Gasteiger partial charge < -0.3 is 15.2 Å². The molecule has 0 radical (unpaired) electrons. The number of carboxylic acids is 1. The van der Waals surface area contributed by atoms with E-state index in [1.54, 1.807) is 6.92 Å². The predicted molar refractivity (Wildman–Crippen MR) is 89.0 cm³/mol. The highest BCUT2D eigenvalue weighted by Crippen LogP contribution is 2.22. The molecule has 0 saturated carbocycles. The lowest BCUT2D eigenvalue weighted by Gasteiger charge is -2.04. The van der Waals surface area contributed by atoms with E-state index in [1.807, 2.05) is 31.2 Å². The van der Waals surface area contributed by atoms with Gasteiger partial charge in [0.15, 0.2) is 5.17 Å². The Morgan fingerprint density at radius 1 is 1.39 bits per heavy atom. The van der Waals surface area contributed by atoms with Gasteiger partial charge in [-0.1, -0.05) is 11.8 Å². The Kier molecular flexibility index (Phi) is 5.75. The number of benzene rings is 1. The molecular formula is C15H17N3O4S. The van der Waals surface area contributed by atoms with E-state index in [-0.39, 0.29) is 12.3 Å². The van der Waals surface area contributed by atoms with Crippen molar-refractivity contribution in [1.82, 2.24) is 5.32 Å². The quantitative estimate of drug-likeness (QED) is 0.610. The fourth-order valence-electron chi connectivity index (χ4n) is 1.88. The molecule has 1 heterocycles. The maximum absolute atomic E-state index is 11.6. The van der Waals surface area contributed by atoms with Gasteiger partial charge in [0.1, 0.15) is 11.0 Å². The van der Waals surface area contributed by atoms with Gasteiger partial charge in [0.25, 0.3) is 0 Å². The van der Waals surface area contributed by atoms with Gasteiger partial charge in [-0.2, -0.15) is 5.10 Å². The summed E-state index contributed by atoms with van der Waals surface area (Å²) in [5, 5.41) is 19.0. The van der Waals surface area contributed by atoms with Gasteiger partial charge in [-0.05, 0) is 43.7 Å². The van der Waals surface area contributed by atoms with Crippen LogP contribution in [0, 0.1) is 0 Å². The van der Waals surface area contributed by atoms with Crippen molar-refractivity contribution in [3.8, 4) is 5.75 Å². The predicted octanol–water partition coefficient (Wildman–Crippen LogP) is 1.87. The van der Waals surface area contributed by atoms with Gasteiger partial charge in [-0.25, -0.2) is 0 Å². The monoisotopic (exact) mass is 335 g/mol. The van der Waals surface area contributed by atoms with Crippen molar-refractivity contribution in [1.29, 1.82) is 0 Å². The fourth-order valence-corrected chi connectivity index (χ4v) is 2.79. The van der Waals surface area contributed by atoms with Gasteiger partial charge in [-0.3, -0.25) is 9.59 Å². The molecule has 1 fully saturated rings. The highest BCUT2D eigenvalue weighted by atomic mass is 32.2. The van der Waals surface area contributed by atoms with Gasteiger partial charge in [0, 0.05) is 0 Å². The van der Waals surface area contributed by atoms with E-state index in [0.29, 0.717) is 17.5 Å². The molecule has 122 valence electrons. The van der Waals surface area contributed by atoms with E-state index in [1.165, 1.54) is 0 Å². The van der Waals surface area contributed by atoms with Crippen LogP contribution in [0.15, 0.2) is 34.5 Å². The Bertz CT molecular complexity index is 655. The van der Waals surface area contributed by atoms with E-state index < -0.39 is 11.2 Å². The Hall–Kier alpha value is -2.35. The molecule has 23 heavy (non-hydrogen) atoms. The zero-order valence-electron chi connectivity index (χ0n) is 12.8. The summed E-state index contributed by atoms with van der Waals surface area (Å²) in [5.41, 5.74) is 1.56. The summed E-state index contributed by atoms with van der Waals surface area (Å²) in [6.07, 6.45) is -0.239. The maximum Gasteiger partial charge on any atom is 0.305 e. The number of nitrogens with one attached hydrogen (secondary N) is 1. The van der Waals surface area contributed by atoms with Crippen molar-refractivity contribution in [2.45, 2.75) is 25.5 Å². The van der Waals surface area contributed by atoms with Crippen molar-refractivity contribution in [3.63, 3.8) is 0 Å². The smallest absolute Gasteiger partial charge is 0.305 e. The van der Waals surface area contributed by atoms with Gasteiger partial charge in [0.05, 0.1) is 18.7 Å². The number of carbonyl (C=O) groups excluding carboxylic acids is 1. The topological polar surface area (TPSA) is 100 Å². The summed E-state index contributed by atoms with van der Waals surface area (Å²) in [7, 11) is 0. The Balaban J connectivity index is 2.03. The van der Waals surface area contributed by atoms with Gasteiger partial charge in [0.2, 0.25) is 5.91 Å². The van der Waals surface area contributed by atoms with Crippen molar-refractivity contribution >= 4 is 34.5 Å². The lowest BCUT2D eigenvalue weighted by Crippen LogP contribution is -2.26. The third-order valence-electron chi connectivity index (χ3n) is 3.01. The molecule has 7 nitrogen and oxygen atoms in total. The number of ether oxygens (including phenoxy) is 1. The molecule has 1 atom stereocenters. The Labute approximate surface area is 137 Å². The molecule has 0 unspecified atom stereocenters. The first-order valence-electron chi connectivity index (χ1n) is 7.04. The molecule has 0 spiro atoms. The summed E-state index contributed by atoms with van der Waals surface area (Å²) in [5.74, 6) is -0.594. The van der Waals surface area contributed by atoms with E-state index in [9.17, 15) is 9.59 Å². The fraction of sp³-hybridized carbons (Fsp3) is 0.333. The molecule has 1 amide bonds. The number of hydrogen-bond acceptors (Lipinski definition) is 6. The number of carboxylic acid groups (broad SMARTS) is 1. The minimum atomic E-state index is -1.02. The largest absolute Gasteiger partial charge is 0.494 e. The number of aliphatic carboxylic acids is 1. The summed E-state index contributed by atoms with van der Waals surface area (Å²) in [4.78, 5) is 22.3. The van der Waals surface area contributed by atoms with Crippen molar-refractivity contribution in [2.75, 3.05) is 6.61 Å². The van der Waals surface area contributed by atoms with Crippen LogP contribution >= 0.6 is 11.8 Å². The maximum atomic E-state index is 11.6. The second-order valence-corrected chi connectivity index (χ2v) is 5.93. The van der Waals surface area contributed by atoms with Crippen molar-refractivity contribution < 1.29 is 19.4 Å². The number of carbonyl (C=O) groups is 2. The first kappa shape index (κ1) is 17.0. The molecule has 0 aliphatic carbocycles. The van der Waals surface area contributed by atoms with Crippen molar-refractivity contribution in [2.24, 2.45) is 10.2 Å².